The minimum Gasteiger partial charge on any atom is -0.295 e. The Kier molecular flexibility index (Phi) is 4.36. The van der Waals surface area contributed by atoms with Crippen LogP contribution in [-0.4, -0.2) is 34.0 Å². The molecular weight excluding hydrogens is 263 g/mol. The summed E-state index contributed by atoms with van der Waals surface area (Å²) >= 11 is 13.9. The predicted molar refractivity (Wildman–Crippen MR) is 71.5 cm³/mol. The minimum absolute atomic E-state index is 0.455. The molecule has 1 unspecified atom stereocenters. The normalized spacial score (nSPS) is 22.3. The lowest BCUT2D eigenvalue weighted by Gasteiger charge is -2.33. The van der Waals surface area contributed by atoms with Gasteiger partial charge in [0.1, 0.15) is 10.3 Å². The lowest BCUT2D eigenvalue weighted by atomic mass is 10.2. The average molecular weight is 277 g/mol. The highest BCUT2D eigenvalue weighted by Crippen LogP contribution is 2.22. The van der Waals surface area contributed by atoms with Crippen LogP contribution in [0, 0.1) is 0 Å². The van der Waals surface area contributed by atoms with Gasteiger partial charge in [-0.15, -0.1) is 0 Å². The smallest absolute Gasteiger partial charge is 0.135 e. The van der Waals surface area contributed by atoms with Crippen molar-refractivity contribution in [3.8, 4) is 0 Å². The zero-order chi connectivity index (χ0) is 11.5. The van der Waals surface area contributed by atoms with Gasteiger partial charge in [-0.05, 0) is 13.0 Å². The highest BCUT2D eigenvalue weighted by molar-refractivity contribution is 7.99. The van der Waals surface area contributed by atoms with E-state index < -0.39 is 0 Å². The Morgan fingerprint density at radius 2 is 2.31 bits per heavy atom. The monoisotopic (exact) mass is 276 g/mol. The Morgan fingerprint density at radius 1 is 1.50 bits per heavy atom. The van der Waals surface area contributed by atoms with E-state index in [1.54, 1.807) is 6.07 Å². The van der Waals surface area contributed by atoms with Crippen LogP contribution in [0.2, 0.25) is 10.3 Å². The van der Waals surface area contributed by atoms with Gasteiger partial charge in [0.05, 0.1) is 0 Å². The van der Waals surface area contributed by atoms with E-state index in [4.69, 9.17) is 23.2 Å². The Balaban J connectivity index is 2.07. The summed E-state index contributed by atoms with van der Waals surface area (Å²) in [6.45, 7) is 4.24. The van der Waals surface area contributed by atoms with Crippen LogP contribution in [0.25, 0.3) is 0 Å². The van der Waals surface area contributed by atoms with Gasteiger partial charge in [0, 0.05) is 36.2 Å². The van der Waals surface area contributed by atoms with Crippen molar-refractivity contribution < 1.29 is 0 Å². The summed E-state index contributed by atoms with van der Waals surface area (Å²) < 4.78 is 0. The molecule has 0 amide bonds. The quantitative estimate of drug-likeness (QED) is 0.771. The van der Waals surface area contributed by atoms with Crippen LogP contribution < -0.4 is 0 Å². The first-order valence-corrected chi connectivity index (χ1v) is 7.20. The number of hydrogen-bond donors (Lipinski definition) is 0. The van der Waals surface area contributed by atoms with E-state index in [0.29, 0.717) is 16.3 Å². The van der Waals surface area contributed by atoms with Crippen LogP contribution in [0.3, 0.4) is 0 Å². The second-order valence-corrected chi connectivity index (χ2v) is 5.87. The largest absolute Gasteiger partial charge is 0.295 e. The summed E-state index contributed by atoms with van der Waals surface area (Å²) in [6.07, 6.45) is 0. The van der Waals surface area contributed by atoms with Crippen molar-refractivity contribution in [2.45, 2.75) is 19.5 Å². The van der Waals surface area contributed by atoms with E-state index in [-0.39, 0.29) is 0 Å². The molecule has 5 heteroatoms. The molecule has 2 rings (SSSR count). The second kappa shape index (κ2) is 5.58. The third kappa shape index (κ3) is 3.04. The average Bonchev–Trinajstić information content (AvgIpc) is 2.25. The van der Waals surface area contributed by atoms with Crippen LogP contribution in [-0.2, 0) is 6.54 Å². The fourth-order valence-corrected chi connectivity index (χ4v) is 3.26. The third-order valence-electron chi connectivity index (χ3n) is 2.77. The fourth-order valence-electron chi connectivity index (χ4n) is 1.77. The summed E-state index contributed by atoms with van der Waals surface area (Å²) in [7, 11) is 0. The Morgan fingerprint density at radius 3 is 3.00 bits per heavy atom. The molecule has 1 aromatic rings. The van der Waals surface area contributed by atoms with Gasteiger partial charge in [-0.3, -0.25) is 4.90 Å². The summed E-state index contributed by atoms with van der Waals surface area (Å²) in [5.41, 5.74) is 1.06. The van der Waals surface area contributed by atoms with Crippen LogP contribution >= 0.6 is 35.0 Å². The zero-order valence-corrected chi connectivity index (χ0v) is 11.4. The van der Waals surface area contributed by atoms with Crippen molar-refractivity contribution in [1.82, 2.24) is 9.88 Å². The van der Waals surface area contributed by atoms with Gasteiger partial charge in [-0.1, -0.05) is 29.3 Å². The number of pyridine rings is 1. The molecule has 0 N–H and O–H groups in total. The van der Waals surface area contributed by atoms with E-state index in [0.717, 1.165) is 18.7 Å². The lowest BCUT2D eigenvalue weighted by Crippen LogP contribution is -2.39. The first-order valence-electron chi connectivity index (χ1n) is 5.29. The third-order valence-corrected chi connectivity index (χ3v) is 4.50. The second-order valence-electron chi connectivity index (χ2n) is 3.98. The molecule has 1 atom stereocenters. The molecule has 1 aliphatic rings. The van der Waals surface area contributed by atoms with Gasteiger partial charge >= 0.3 is 0 Å². The number of halogens is 2. The molecule has 2 nitrogen and oxygen atoms in total. The summed E-state index contributed by atoms with van der Waals surface area (Å²) in [5, 5.41) is 0.980. The van der Waals surface area contributed by atoms with Crippen molar-refractivity contribution in [2.75, 3.05) is 18.1 Å². The summed E-state index contributed by atoms with van der Waals surface area (Å²) in [5.74, 6) is 2.39. The SMILES string of the molecule is CC1CSCCN1Cc1ccc(Cl)nc1Cl. The number of nitrogens with zero attached hydrogens (tertiary/aromatic N) is 2. The van der Waals surface area contributed by atoms with Crippen LogP contribution in [0.5, 0.6) is 0 Å². The first kappa shape index (κ1) is 12.5. The van der Waals surface area contributed by atoms with Crippen molar-refractivity contribution in [1.29, 1.82) is 0 Å². The molecule has 0 radical (unpaired) electrons. The van der Waals surface area contributed by atoms with Gasteiger partial charge in [0.25, 0.3) is 0 Å². The Hall–Kier alpha value is 0.0400. The molecule has 1 aromatic heterocycles. The molecule has 0 bridgehead atoms. The van der Waals surface area contributed by atoms with E-state index >= 15 is 0 Å². The van der Waals surface area contributed by atoms with E-state index in [9.17, 15) is 0 Å². The van der Waals surface area contributed by atoms with Crippen LogP contribution in [0.1, 0.15) is 12.5 Å². The van der Waals surface area contributed by atoms with Crippen molar-refractivity contribution in [2.24, 2.45) is 0 Å². The van der Waals surface area contributed by atoms with Crippen LogP contribution in [0.4, 0.5) is 0 Å². The molecule has 1 saturated heterocycles. The van der Waals surface area contributed by atoms with E-state index in [2.05, 4.69) is 16.8 Å². The molecule has 1 aliphatic heterocycles. The van der Waals surface area contributed by atoms with Gasteiger partial charge in [0.2, 0.25) is 0 Å². The molecule has 0 saturated carbocycles. The maximum Gasteiger partial charge on any atom is 0.135 e. The number of hydrogen-bond acceptors (Lipinski definition) is 3. The fraction of sp³-hybridized carbons (Fsp3) is 0.545. The highest BCUT2D eigenvalue weighted by atomic mass is 35.5. The maximum absolute atomic E-state index is 6.07. The minimum atomic E-state index is 0.455. The zero-order valence-electron chi connectivity index (χ0n) is 9.12. The number of rotatable bonds is 2. The maximum atomic E-state index is 6.07. The van der Waals surface area contributed by atoms with Gasteiger partial charge in [-0.25, -0.2) is 4.98 Å². The van der Waals surface area contributed by atoms with Crippen molar-refractivity contribution in [3.05, 3.63) is 28.0 Å². The molecule has 0 spiro atoms. The lowest BCUT2D eigenvalue weighted by molar-refractivity contribution is 0.224. The summed E-state index contributed by atoms with van der Waals surface area (Å²) in [6, 6.07) is 4.36. The Labute approximate surface area is 110 Å². The van der Waals surface area contributed by atoms with Crippen LogP contribution in [0.15, 0.2) is 12.1 Å². The standard InChI is InChI=1S/C11H14Cl2N2S/c1-8-7-16-5-4-15(8)6-9-2-3-10(12)14-11(9)13/h2-3,8H,4-7H2,1H3. The topological polar surface area (TPSA) is 16.1 Å². The number of thioether (sulfide) groups is 1. The van der Waals surface area contributed by atoms with E-state index in [1.165, 1.54) is 11.5 Å². The first-order chi connectivity index (χ1) is 7.66. The molecule has 88 valence electrons. The highest BCUT2D eigenvalue weighted by Gasteiger charge is 2.19. The molecule has 1 fully saturated rings. The van der Waals surface area contributed by atoms with Crippen molar-refractivity contribution in [3.63, 3.8) is 0 Å². The van der Waals surface area contributed by atoms with E-state index in [1.807, 2.05) is 17.8 Å². The predicted octanol–water partition coefficient (Wildman–Crippen LogP) is 3.33. The number of aromatic nitrogens is 1. The van der Waals surface area contributed by atoms with Gasteiger partial charge < -0.3 is 0 Å². The van der Waals surface area contributed by atoms with Crippen molar-refractivity contribution >= 4 is 35.0 Å². The van der Waals surface area contributed by atoms with Gasteiger partial charge in [-0.2, -0.15) is 11.8 Å². The molecule has 0 aromatic carbocycles. The Bertz CT molecular complexity index is 373. The summed E-state index contributed by atoms with van der Waals surface area (Å²) in [4.78, 5) is 6.50. The molecule has 16 heavy (non-hydrogen) atoms. The molecule has 2 heterocycles. The van der Waals surface area contributed by atoms with Gasteiger partial charge in [0.15, 0.2) is 0 Å². The molecular formula is C11H14Cl2N2S. The molecule has 0 aliphatic carbocycles.